The number of ether oxygens (including phenoxy) is 1. The molecule has 0 aromatic carbocycles. The molecule has 1 aliphatic heterocycles. The van der Waals surface area contributed by atoms with Gasteiger partial charge in [0.2, 0.25) is 5.95 Å². The number of imidazole rings is 1. The second-order valence-corrected chi connectivity index (χ2v) is 5.07. The van der Waals surface area contributed by atoms with Gasteiger partial charge in [0, 0.05) is 0 Å². The van der Waals surface area contributed by atoms with Crippen molar-refractivity contribution in [2.24, 2.45) is 0 Å². The molecule has 0 amide bonds. The number of fused-ring (bicyclic) bond motifs is 1. The van der Waals surface area contributed by atoms with Crippen LogP contribution in [0.15, 0.2) is 11.1 Å². The van der Waals surface area contributed by atoms with E-state index in [1.165, 1.54) is 17.8 Å². The molecule has 2 aromatic heterocycles. The van der Waals surface area contributed by atoms with Crippen molar-refractivity contribution in [1.82, 2.24) is 19.5 Å². The SMILES string of the molecule is C[C@]1(n2cnc3c(=O)[nH]c(N)nc32)O[C@H](CO)C(O)C1O. The monoisotopic (exact) mass is 297 g/mol. The van der Waals surface area contributed by atoms with Crippen LogP contribution in [0.3, 0.4) is 0 Å². The van der Waals surface area contributed by atoms with E-state index in [9.17, 15) is 20.1 Å². The smallest absolute Gasteiger partial charge is 0.280 e. The number of nitrogens with one attached hydrogen (secondary N) is 1. The number of anilines is 1. The van der Waals surface area contributed by atoms with Gasteiger partial charge in [-0.3, -0.25) is 14.3 Å². The molecule has 0 saturated carbocycles. The lowest BCUT2D eigenvalue weighted by molar-refractivity contribution is -0.132. The minimum absolute atomic E-state index is 0.0307. The van der Waals surface area contributed by atoms with Gasteiger partial charge in [-0.2, -0.15) is 4.98 Å². The van der Waals surface area contributed by atoms with E-state index >= 15 is 0 Å². The third kappa shape index (κ3) is 1.84. The summed E-state index contributed by atoms with van der Waals surface area (Å²) in [5.74, 6) is -0.107. The molecule has 4 atom stereocenters. The van der Waals surface area contributed by atoms with Crippen LogP contribution in [0.1, 0.15) is 6.92 Å². The summed E-state index contributed by atoms with van der Waals surface area (Å²) in [4.78, 5) is 22.0. The Morgan fingerprint density at radius 3 is 2.90 bits per heavy atom. The van der Waals surface area contributed by atoms with Gasteiger partial charge in [0.15, 0.2) is 16.9 Å². The summed E-state index contributed by atoms with van der Waals surface area (Å²) >= 11 is 0. The predicted octanol–water partition coefficient (Wildman–Crippen LogP) is -2.51. The van der Waals surface area contributed by atoms with Crippen LogP contribution in [0.4, 0.5) is 5.95 Å². The maximum atomic E-state index is 11.8. The molecule has 0 bridgehead atoms. The van der Waals surface area contributed by atoms with E-state index in [1.54, 1.807) is 0 Å². The summed E-state index contributed by atoms with van der Waals surface area (Å²) in [5, 5.41) is 29.3. The van der Waals surface area contributed by atoms with Crippen LogP contribution >= 0.6 is 0 Å². The normalized spacial score (nSPS) is 32.9. The van der Waals surface area contributed by atoms with Crippen molar-refractivity contribution in [2.45, 2.75) is 31.0 Å². The number of aromatic nitrogens is 4. The molecule has 114 valence electrons. The van der Waals surface area contributed by atoms with Gasteiger partial charge in [-0.25, -0.2) is 4.98 Å². The number of hydrogen-bond donors (Lipinski definition) is 5. The first kappa shape index (κ1) is 13.9. The van der Waals surface area contributed by atoms with Gasteiger partial charge >= 0.3 is 0 Å². The highest BCUT2D eigenvalue weighted by Crippen LogP contribution is 2.36. The van der Waals surface area contributed by atoms with Crippen LogP contribution in [0, 0.1) is 0 Å². The number of hydrogen-bond acceptors (Lipinski definition) is 8. The number of aliphatic hydroxyl groups is 3. The van der Waals surface area contributed by atoms with Crippen molar-refractivity contribution < 1.29 is 20.1 Å². The van der Waals surface area contributed by atoms with Gasteiger partial charge in [0.1, 0.15) is 18.3 Å². The first-order valence-corrected chi connectivity index (χ1v) is 6.26. The van der Waals surface area contributed by atoms with Crippen molar-refractivity contribution in [1.29, 1.82) is 0 Å². The van der Waals surface area contributed by atoms with Gasteiger partial charge in [-0.15, -0.1) is 0 Å². The van der Waals surface area contributed by atoms with Crippen molar-refractivity contribution in [2.75, 3.05) is 12.3 Å². The van der Waals surface area contributed by atoms with Crippen molar-refractivity contribution in [3.05, 3.63) is 16.7 Å². The molecule has 0 aliphatic carbocycles. The first-order chi connectivity index (χ1) is 9.88. The highest BCUT2D eigenvalue weighted by molar-refractivity contribution is 5.70. The Labute approximate surface area is 117 Å². The van der Waals surface area contributed by atoms with Crippen molar-refractivity contribution >= 4 is 17.1 Å². The third-order valence-electron chi connectivity index (χ3n) is 3.73. The zero-order valence-electron chi connectivity index (χ0n) is 11.1. The number of H-pyrrole nitrogens is 1. The maximum absolute atomic E-state index is 11.8. The maximum Gasteiger partial charge on any atom is 0.280 e. The summed E-state index contributed by atoms with van der Waals surface area (Å²) in [6.07, 6.45) is -2.31. The van der Waals surface area contributed by atoms with Crippen LogP contribution in [0.25, 0.3) is 11.2 Å². The molecule has 1 fully saturated rings. The number of nitrogens with two attached hydrogens (primary N) is 1. The fraction of sp³-hybridized carbons (Fsp3) is 0.545. The molecule has 0 spiro atoms. The molecule has 10 nitrogen and oxygen atoms in total. The number of rotatable bonds is 2. The average Bonchev–Trinajstić information content (AvgIpc) is 2.95. The molecule has 1 aliphatic rings. The summed E-state index contributed by atoms with van der Waals surface area (Å²) < 4.78 is 6.85. The Morgan fingerprint density at radius 1 is 1.57 bits per heavy atom. The fourth-order valence-corrected chi connectivity index (χ4v) is 2.56. The Kier molecular flexibility index (Phi) is 2.99. The quantitative estimate of drug-likeness (QED) is 0.406. The average molecular weight is 297 g/mol. The summed E-state index contributed by atoms with van der Waals surface area (Å²) in [6.45, 7) is 1.04. The van der Waals surface area contributed by atoms with Crippen LogP contribution in [-0.4, -0.2) is 59.8 Å². The van der Waals surface area contributed by atoms with Crippen LogP contribution < -0.4 is 11.3 Å². The van der Waals surface area contributed by atoms with E-state index in [4.69, 9.17) is 10.5 Å². The van der Waals surface area contributed by atoms with E-state index in [0.717, 1.165) is 0 Å². The third-order valence-corrected chi connectivity index (χ3v) is 3.73. The highest BCUT2D eigenvalue weighted by atomic mass is 16.6. The van der Waals surface area contributed by atoms with Gasteiger partial charge in [-0.05, 0) is 6.92 Å². The van der Waals surface area contributed by atoms with E-state index < -0.39 is 36.2 Å². The van der Waals surface area contributed by atoms with E-state index in [-0.39, 0.29) is 17.1 Å². The van der Waals surface area contributed by atoms with Crippen LogP contribution in [0.2, 0.25) is 0 Å². The summed E-state index contributed by atoms with van der Waals surface area (Å²) in [6, 6.07) is 0. The topological polar surface area (TPSA) is 160 Å². The molecule has 21 heavy (non-hydrogen) atoms. The summed E-state index contributed by atoms with van der Waals surface area (Å²) in [7, 11) is 0. The fourth-order valence-electron chi connectivity index (χ4n) is 2.56. The van der Waals surface area contributed by atoms with Gasteiger partial charge in [0.25, 0.3) is 5.56 Å². The zero-order valence-corrected chi connectivity index (χ0v) is 11.1. The number of nitrogens with zero attached hydrogens (tertiary/aromatic N) is 3. The van der Waals surface area contributed by atoms with Crippen LogP contribution in [-0.2, 0) is 10.5 Å². The number of nitrogen functional groups attached to an aromatic ring is 1. The summed E-state index contributed by atoms with van der Waals surface area (Å²) in [5.41, 5.74) is 3.70. The Hall–Kier alpha value is -2.01. The molecular formula is C11H15N5O5. The van der Waals surface area contributed by atoms with E-state index in [0.29, 0.717) is 0 Å². The largest absolute Gasteiger partial charge is 0.394 e. The first-order valence-electron chi connectivity index (χ1n) is 6.26. The highest BCUT2D eigenvalue weighted by Gasteiger charge is 2.52. The van der Waals surface area contributed by atoms with Crippen molar-refractivity contribution in [3.8, 4) is 0 Å². The molecule has 2 aromatic rings. The lowest BCUT2D eigenvalue weighted by Crippen LogP contribution is -2.43. The lowest BCUT2D eigenvalue weighted by Gasteiger charge is -2.29. The Morgan fingerprint density at radius 2 is 2.29 bits per heavy atom. The van der Waals surface area contributed by atoms with Gasteiger partial charge in [-0.1, -0.05) is 0 Å². The molecule has 3 rings (SSSR count). The van der Waals surface area contributed by atoms with Gasteiger partial charge < -0.3 is 25.8 Å². The molecular weight excluding hydrogens is 282 g/mol. The lowest BCUT2D eigenvalue weighted by atomic mass is 10.0. The minimum atomic E-state index is -1.44. The second kappa shape index (κ2) is 4.49. The molecule has 3 heterocycles. The van der Waals surface area contributed by atoms with E-state index in [2.05, 4.69) is 15.0 Å². The molecule has 2 unspecified atom stereocenters. The standard InChI is InChI=1S/C11H15N5O5/c1-11(7(19)6(18)4(2-17)21-11)16-3-13-5-8(16)14-10(12)15-9(5)20/h3-4,6-7,17-19H,2H2,1H3,(H3,12,14,15,20)/t4-,6?,7?,11+/m1/s1. The minimum Gasteiger partial charge on any atom is -0.394 e. The number of aliphatic hydroxyl groups excluding tert-OH is 3. The van der Waals surface area contributed by atoms with Crippen LogP contribution in [0.5, 0.6) is 0 Å². The molecule has 1 saturated heterocycles. The zero-order chi connectivity index (χ0) is 15.4. The van der Waals surface area contributed by atoms with E-state index in [1.807, 2.05) is 0 Å². The Bertz CT molecular complexity index is 742. The molecule has 0 radical (unpaired) electrons. The molecule has 6 N–H and O–H groups in total. The van der Waals surface area contributed by atoms with Gasteiger partial charge in [0.05, 0.1) is 12.9 Å². The number of aromatic amines is 1. The predicted molar refractivity (Wildman–Crippen MR) is 70.2 cm³/mol. The molecule has 10 heteroatoms. The second-order valence-electron chi connectivity index (χ2n) is 5.07. The van der Waals surface area contributed by atoms with Crippen molar-refractivity contribution in [3.63, 3.8) is 0 Å². The Balaban J connectivity index is 2.19.